The highest BCUT2D eigenvalue weighted by atomic mass is 19.1. The first-order chi connectivity index (χ1) is 16.3. The Labute approximate surface area is 203 Å². The van der Waals surface area contributed by atoms with Gasteiger partial charge in [0.05, 0.1) is 24.6 Å². The maximum atomic E-state index is 14.5. The van der Waals surface area contributed by atoms with Gasteiger partial charge < -0.3 is 30.4 Å². The van der Waals surface area contributed by atoms with E-state index in [0.29, 0.717) is 5.92 Å². The van der Waals surface area contributed by atoms with Crippen molar-refractivity contribution in [3.8, 4) is 0 Å². The minimum Gasteiger partial charge on any atom is -0.481 e. The summed E-state index contributed by atoms with van der Waals surface area (Å²) in [5, 5.41) is 43.6. The Balaban J connectivity index is 0.000000287. The van der Waals surface area contributed by atoms with Gasteiger partial charge in [0.1, 0.15) is 5.82 Å². The van der Waals surface area contributed by atoms with Crippen molar-refractivity contribution in [3.63, 3.8) is 0 Å². The number of rotatable bonds is 8. The minimum absolute atomic E-state index is 0.0902. The van der Waals surface area contributed by atoms with Crippen molar-refractivity contribution in [1.29, 1.82) is 0 Å². The third-order valence-corrected chi connectivity index (χ3v) is 6.48. The summed E-state index contributed by atoms with van der Waals surface area (Å²) in [6.07, 6.45) is 0.659. The summed E-state index contributed by atoms with van der Waals surface area (Å²) in [6.45, 7) is 8.66. The Morgan fingerprint density at radius 3 is 2.11 bits per heavy atom. The van der Waals surface area contributed by atoms with E-state index in [0.717, 1.165) is 63.2 Å². The van der Waals surface area contributed by atoms with E-state index in [1.165, 1.54) is 5.56 Å². The summed E-state index contributed by atoms with van der Waals surface area (Å²) >= 11 is 0. The maximum absolute atomic E-state index is 14.5. The summed E-state index contributed by atoms with van der Waals surface area (Å²) in [5.74, 6) is -4.81. The lowest BCUT2D eigenvalue weighted by Crippen LogP contribution is -2.42. The van der Waals surface area contributed by atoms with Gasteiger partial charge in [0, 0.05) is 32.7 Å². The van der Waals surface area contributed by atoms with Crippen molar-refractivity contribution < 1.29 is 44.3 Å². The smallest absolute Gasteiger partial charge is 0.336 e. The van der Waals surface area contributed by atoms with Crippen LogP contribution in [0.5, 0.6) is 0 Å². The third-order valence-electron chi connectivity index (χ3n) is 6.48. The van der Waals surface area contributed by atoms with Crippen LogP contribution in [0.15, 0.2) is 12.1 Å². The van der Waals surface area contributed by atoms with E-state index in [-0.39, 0.29) is 11.9 Å². The third kappa shape index (κ3) is 8.15. The van der Waals surface area contributed by atoms with Gasteiger partial charge in [0.25, 0.3) is 0 Å². The first-order valence-electron chi connectivity index (χ1n) is 11.7. The molecule has 1 aromatic carbocycles. The van der Waals surface area contributed by atoms with Crippen molar-refractivity contribution >= 4 is 23.6 Å². The molecule has 0 bridgehead atoms. The van der Waals surface area contributed by atoms with Crippen LogP contribution in [0.4, 0.5) is 10.1 Å². The molecule has 2 aliphatic rings. The van der Waals surface area contributed by atoms with Crippen molar-refractivity contribution in [1.82, 2.24) is 4.90 Å². The van der Waals surface area contributed by atoms with Gasteiger partial charge in [0.15, 0.2) is 5.60 Å². The van der Waals surface area contributed by atoms with Crippen molar-refractivity contribution in [2.45, 2.75) is 64.2 Å². The Morgan fingerprint density at radius 1 is 1.06 bits per heavy atom. The van der Waals surface area contributed by atoms with E-state index < -0.39 is 36.4 Å². The van der Waals surface area contributed by atoms with Crippen LogP contribution < -0.4 is 4.90 Å². The minimum atomic E-state index is -2.74. The number of piperidine rings is 1. The fourth-order valence-corrected chi connectivity index (χ4v) is 4.40. The highest BCUT2D eigenvalue weighted by molar-refractivity contribution is 5.88. The number of aliphatic hydroxyl groups is 2. The molecule has 0 radical (unpaired) electrons. The monoisotopic (exact) mass is 498 g/mol. The number of anilines is 1. The van der Waals surface area contributed by atoms with Gasteiger partial charge in [-0.25, -0.2) is 9.18 Å². The van der Waals surface area contributed by atoms with E-state index in [2.05, 4.69) is 23.6 Å². The summed E-state index contributed by atoms with van der Waals surface area (Å²) in [7, 11) is 0. The zero-order valence-corrected chi connectivity index (χ0v) is 20.1. The quantitative estimate of drug-likeness (QED) is 0.357. The number of carboxylic acids is 3. The van der Waals surface area contributed by atoms with Crippen molar-refractivity contribution in [2.24, 2.45) is 5.92 Å². The molecule has 196 valence electrons. The Hall–Kier alpha value is -2.76. The molecule has 2 heterocycles. The molecule has 2 unspecified atom stereocenters. The number of nitrogens with zero attached hydrogens (tertiary/aromatic N) is 2. The first kappa shape index (κ1) is 28.5. The molecule has 3 rings (SSSR count). The molecule has 0 saturated carbocycles. The molecule has 2 aliphatic heterocycles. The normalized spacial score (nSPS) is 20.8. The average Bonchev–Trinajstić information content (AvgIpc) is 3.27. The average molecular weight is 499 g/mol. The van der Waals surface area contributed by atoms with Crippen LogP contribution in [0.25, 0.3) is 0 Å². The Morgan fingerprint density at radius 2 is 1.63 bits per heavy atom. The first-order valence-corrected chi connectivity index (χ1v) is 11.7. The molecule has 10 nitrogen and oxygen atoms in total. The van der Waals surface area contributed by atoms with Crippen LogP contribution in [0.1, 0.15) is 50.2 Å². The van der Waals surface area contributed by atoms with Crippen molar-refractivity contribution in [2.75, 3.05) is 31.1 Å². The lowest BCUT2D eigenvalue weighted by atomic mass is 9.96. The fraction of sp³-hybridized carbons (Fsp3) is 0.625. The van der Waals surface area contributed by atoms with E-state index in [4.69, 9.17) is 20.4 Å². The number of likely N-dealkylation sites (tertiary alicyclic amines) is 1. The van der Waals surface area contributed by atoms with Crippen molar-refractivity contribution in [3.05, 3.63) is 29.1 Å². The molecule has 11 heteroatoms. The molecule has 0 aliphatic carbocycles. The Kier molecular flexibility index (Phi) is 9.99. The topological polar surface area (TPSA) is 159 Å². The maximum Gasteiger partial charge on any atom is 0.336 e. The molecule has 0 aromatic heterocycles. The lowest BCUT2D eigenvalue weighted by molar-refractivity contribution is -0.170. The van der Waals surface area contributed by atoms with Gasteiger partial charge in [-0.05, 0) is 55.4 Å². The zero-order valence-electron chi connectivity index (χ0n) is 20.1. The van der Waals surface area contributed by atoms with Gasteiger partial charge in [0.2, 0.25) is 0 Å². The summed E-state index contributed by atoms with van der Waals surface area (Å²) in [6, 6.07) is 3.73. The van der Waals surface area contributed by atoms with E-state index in [1.807, 2.05) is 6.07 Å². The number of benzene rings is 1. The van der Waals surface area contributed by atoms with Gasteiger partial charge in [-0.1, -0.05) is 6.92 Å². The number of hydrogen-bond acceptors (Lipinski definition) is 7. The molecule has 5 N–H and O–H groups in total. The number of aryl methyl sites for hydroxylation is 1. The largest absolute Gasteiger partial charge is 0.481 e. The second kappa shape index (κ2) is 12.3. The predicted molar refractivity (Wildman–Crippen MR) is 125 cm³/mol. The van der Waals surface area contributed by atoms with Gasteiger partial charge >= 0.3 is 17.9 Å². The molecule has 1 aromatic rings. The number of aliphatic carboxylic acids is 3. The molecular weight excluding hydrogens is 463 g/mol. The standard InChI is InChI=1S/C18H27FN2O.C6H8O7/c1-13-9-17(21-6-3-4-7-21)16(19)10-15(13)12-20-8-5-18(22)14(2)11-20;7-3(8)1-6(13,5(11)12)2-4(9)10/h9-10,14,18,22H,3-8,11-12H2,1-2H3;13H,1-2H2,(H,7,8)(H,9,10)(H,11,12). The predicted octanol–water partition coefficient (Wildman–Crippen LogP) is 1.69. The van der Waals surface area contributed by atoms with Crippen LogP contribution >= 0.6 is 0 Å². The lowest BCUT2D eigenvalue weighted by Gasteiger charge is -2.34. The number of carboxylic acid groups (broad SMARTS) is 3. The Bertz CT molecular complexity index is 903. The SMILES string of the molecule is Cc1cc(N2CCCC2)c(F)cc1CN1CCC(O)C(C)C1.O=C(O)CC(O)(CC(=O)O)C(=O)O. The fourth-order valence-electron chi connectivity index (χ4n) is 4.40. The number of hydrogen-bond donors (Lipinski definition) is 5. The highest BCUT2D eigenvalue weighted by Crippen LogP contribution is 2.28. The number of carbonyl (C=O) groups is 3. The van der Waals surface area contributed by atoms with Gasteiger partial charge in [-0.15, -0.1) is 0 Å². The van der Waals surface area contributed by atoms with Crippen LogP contribution in [0, 0.1) is 18.7 Å². The second-order valence-electron chi connectivity index (χ2n) is 9.47. The van der Waals surface area contributed by atoms with Crippen LogP contribution in [0.2, 0.25) is 0 Å². The van der Waals surface area contributed by atoms with Gasteiger partial charge in [-0.2, -0.15) is 0 Å². The zero-order chi connectivity index (χ0) is 26.3. The van der Waals surface area contributed by atoms with E-state index in [9.17, 15) is 23.9 Å². The van der Waals surface area contributed by atoms with Gasteiger partial charge in [-0.3, -0.25) is 14.5 Å². The van der Waals surface area contributed by atoms with Crippen LogP contribution in [-0.2, 0) is 20.9 Å². The second-order valence-corrected chi connectivity index (χ2v) is 9.47. The van der Waals surface area contributed by atoms with Crippen LogP contribution in [-0.4, -0.2) is 86.2 Å². The van der Waals surface area contributed by atoms with E-state index >= 15 is 0 Å². The molecule has 2 saturated heterocycles. The molecule has 2 atom stereocenters. The summed E-state index contributed by atoms with van der Waals surface area (Å²) < 4.78 is 14.5. The van der Waals surface area contributed by atoms with Crippen LogP contribution in [0.3, 0.4) is 0 Å². The summed E-state index contributed by atoms with van der Waals surface area (Å²) in [5.41, 5.74) is 0.268. The van der Waals surface area contributed by atoms with E-state index in [1.54, 1.807) is 6.07 Å². The number of halogens is 1. The highest BCUT2D eigenvalue weighted by Gasteiger charge is 2.40. The molecule has 0 spiro atoms. The molecule has 35 heavy (non-hydrogen) atoms. The molecule has 0 amide bonds. The summed E-state index contributed by atoms with van der Waals surface area (Å²) in [4.78, 5) is 35.0. The number of aliphatic hydroxyl groups excluding tert-OH is 1. The molecule has 2 fully saturated rings. The molecular formula is C24H35FN2O8.